The van der Waals surface area contributed by atoms with E-state index in [1.165, 1.54) is 70.6 Å². The van der Waals surface area contributed by atoms with Gasteiger partial charge < -0.3 is 4.74 Å². The minimum absolute atomic E-state index is 0.0435. The number of hydrogen-bond acceptors (Lipinski definition) is 2. The first kappa shape index (κ1) is 21.5. The van der Waals surface area contributed by atoms with Crippen molar-refractivity contribution in [1.82, 2.24) is 0 Å². The molecule has 22 heavy (non-hydrogen) atoms. The van der Waals surface area contributed by atoms with Crippen molar-refractivity contribution in [2.24, 2.45) is 5.92 Å². The molecule has 2 heteroatoms. The van der Waals surface area contributed by atoms with E-state index in [1.54, 1.807) is 0 Å². The molecule has 0 aromatic heterocycles. The molecule has 0 saturated heterocycles. The van der Waals surface area contributed by atoms with Gasteiger partial charge in [0.1, 0.15) is 0 Å². The summed E-state index contributed by atoms with van der Waals surface area (Å²) in [5.41, 5.74) is 0. The first-order valence-corrected chi connectivity index (χ1v) is 9.92. The molecular formula is C20H40O2. The number of hydrogen-bond donors (Lipinski definition) is 0. The van der Waals surface area contributed by atoms with Crippen LogP contribution in [0.3, 0.4) is 0 Å². The Morgan fingerprint density at radius 2 is 1.23 bits per heavy atom. The molecule has 0 aliphatic heterocycles. The minimum Gasteiger partial charge on any atom is -0.465 e. The highest BCUT2D eigenvalue weighted by Gasteiger charge is 2.17. The lowest BCUT2D eigenvalue weighted by atomic mass is 9.98. The summed E-state index contributed by atoms with van der Waals surface area (Å²) in [5.74, 6) is 0.174. The molecule has 0 aliphatic carbocycles. The fourth-order valence-corrected chi connectivity index (χ4v) is 2.83. The molecule has 0 aliphatic rings. The maximum absolute atomic E-state index is 12.0. The molecule has 0 saturated carbocycles. The van der Waals surface area contributed by atoms with Gasteiger partial charge in [0.15, 0.2) is 0 Å². The molecule has 0 aromatic carbocycles. The van der Waals surface area contributed by atoms with Gasteiger partial charge in [-0.15, -0.1) is 0 Å². The topological polar surface area (TPSA) is 26.3 Å². The number of ether oxygens (including phenoxy) is 1. The van der Waals surface area contributed by atoms with Gasteiger partial charge in [-0.1, -0.05) is 91.4 Å². The van der Waals surface area contributed by atoms with E-state index < -0.39 is 0 Å². The van der Waals surface area contributed by atoms with E-state index in [-0.39, 0.29) is 11.9 Å². The van der Waals surface area contributed by atoms with Crippen LogP contribution < -0.4 is 0 Å². The van der Waals surface area contributed by atoms with Gasteiger partial charge >= 0.3 is 5.97 Å². The summed E-state index contributed by atoms with van der Waals surface area (Å²) >= 11 is 0. The van der Waals surface area contributed by atoms with E-state index in [4.69, 9.17) is 4.74 Å². The SMILES string of the molecule is CCCCCCCCCCC(CC)C(=O)OCCCCCC. The van der Waals surface area contributed by atoms with Crippen molar-refractivity contribution in [1.29, 1.82) is 0 Å². The number of unbranched alkanes of at least 4 members (excludes halogenated alkanes) is 10. The van der Waals surface area contributed by atoms with Crippen LogP contribution in [-0.4, -0.2) is 12.6 Å². The lowest BCUT2D eigenvalue weighted by molar-refractivity contribution is -0.149. The molecule has 0 rings (SSSR count). The van der Waals surface area contributed by atoms with Crippen molar-refractivity contribution < 1.29 is 9.53 Å². The van der Waals surface area contributed by atoms with Gasteiger partial charge in [-0.25, -0.2) is 0 Å². The van der Waals surface area contributed by atoms with Crippen molar-refractivity contribution in [3.05, 3.63) is 0 Å². The highest BCUT2D eigenvalue weighted by molar-refractivity contribution is 5.72. The van der Waals surface area contributed by atoms with Crippen LogP contribution in [0.5, 0.6) is 0 Å². The Kier molecular flexibility index (Phi) is 16.4. The molecule has 0 spiro atoms. The predicted octanol–water partition coefficient (Wildman–Crippen LogP) is 6.67. The molecule has 0 heterocycles. The second-order valence-electron chi connectivity index (χ2n) is 6.60. The molecule has 0 aromatic rings. The van der Waals surface area contributed by atoms with E-state index in [9.17, 15) is 4.79 Å². The Morgan fingerprint density at radius 3 is 1.77 bits per heavy atom. The standard InChI is InChI=1S/C20H40O2/c1-4-7-9-11-12-13-14-15-17-19(6-3)20(21)22-18-16-10-8-5-2/h19H,4-18H2,1-3H3. The van der Waals surface area contributed by atoms with E-state index in [0.717, 1.165) is 19.3 Å². The zero-order chi connectivity index (χ0) is 16.5. The highest BCUT2D eigenvalue weighted by atomic mass is 16.5. The summed E-state index contributed by atoms with van der Waals surface area (Å²) in [6.45, 7) is 7.18. The van der Waals surface area contributed by atoms with Gasteiger partial charge in [0.2, 0.25) is 0 Å². The Labute approximate surface area is 139 Å². The highest BCUT2D eigenvalue weighted by Crippen LogP contribution is 2.17. The minimum atomic E-state index is 0.0435. The fourth-order valence-electron chi connectivity index (χ4n) is 2.83. The fraction of sp³-hybridized carbons (Fsp3) is 0.950. The van der Waals surface area contributed by atoms with Crippen LogP contribution in [0.25, 0.3) is 0 Å². The first-order chi connectivity index (χ1) is 10.8. The monoisotopic (exact) mass is 312 g/mol. The summed E-state index contributed by atoms with van der Waals surface area (Å²) in [6.07, 6.45) is 17.2. The van der Waals surface area contributed by atoms with Crippen molar-refractivity contribution >= 4 is 5.97 Å². The Balaban J connectivity index is 3.54. The van der Waals surface area contributed by atoms with E-state index in [2.05, 4.69) is 20.8 Å². The summed E-state index contributed by atoms with van der Waals surface area (Å²) in [7, 11) is 0. The molecule has 0 N–H and O–H groups in total. The maximum atomic E-state index is 12.0. The van der Waals surface area contributed by atoms with Crippen LogP contribution >= 0.6 is 0 Å². The smallest absolute Gasteiger partial charge is 0.308 e. The summed E-state index contributed by atoms with van der Waals surface area (Å²) in [5, 5.41) is 0. The lowest BCUT2D eigenvalue weighted by Crippen LogP contribution is -2.17. The second kappa shape index (κ2) is 16.8. The van der Waals surface area contributed by atoms with Crippen LogP contribution in [0.15, 0.2) is 0 Å². The third-order valence-corrected chi connectivity index (χ3v) is 4.47. The molecular weight excluding hydrogens is 272 g/mol. The van der Waals surface area contributed by atoms with Gasteiger partial charge in [0.05, 0.1) is 12.5 Å². The van der Waals surface area contributed by atoms with Crippen molar-refractivity contribution in [3.8, 4) is 0 Å². The van der Waals surface area contributed by atoms with Crippen LogP contribution in [0, 0.1) is 5.92 Å². The Morgan fingerprint density at radius 1 is 0.727 bits per heavy atom. The number of carbonyl (C=O) groups excluding carboxylic acids is 1. The lowest BCUT2D eigenvalue weighted by Gasteiger charge is -2.14. The summed E-state index contributed by atoms with van der Waals surface area (Å²) in [4.78, 5) is 12.0. The zero-order valence-electron chi connectivity index (χ0n) is 15.5. The van der Waals surface area contributed by atoms with Crippen molar-refractivity contribution in [3.63, 3.8) is 0 Å². The quantitative estimate of drug-likeness (QED) is 0.235. The molecule has 0 amide bonds. The molecule has 1 unspecified atom stereocenters. The zero-order valence-corrected chi connectivity index (χ0v) is 15.5. The molecule has 0 bridgehead atoms. The normalized spacial score (nSPS) is 12.3. The Bertz CT molecular complexity index is 238. The number of rotatable bonds is 16. The van der Waals surface area contributed by atoms with Gasteiger partial charge in [0, 0.05) is 0 Å². The molecule has 0 radical (unpaired) electrons. The number of esters is 1. The molecule has 2 nitrogen and oxygen atoms in total. The van der Waals surface area contributed by atoms with Gasteiger partial charge in [0.25, 0.3) is 0 Å². The van der Waals surface area contributed by atoms with Gasteiger partial charge in [-0.3, -0.25) is 4.79 Å². The van der Waals surface area contributed by atoms with Crippen LogP contribution in [0.1, 0.15) is 111 Å². The largest absolute Gasteiger partial charge is 0.465 e. The van der Waals surface area contributed by atoms with Crippen LogP contribution in [-0.2, 0) is 9.53 Å². The second-order valence-corrected chi connectivity index (χ2v) is 6.60. The Hall–Kier alpha value is -0.530. The van der Waals surface area contributed by atoms with Crippen LogP contribution in [0.2, 0.25) is 0 Å². The van der Waals surface area contributed by atoms with Crippen LogP contribution in [0.4, 0.5) is 0 Å². The first-order valence-electron chi connectivity index (χ1n) is 9.92. The van der Waals surface area contributed by atoms with Gasteiger partial charge in [-0.05, 0) is 19.3 Å². The van der Waals surface area contributed by atoms with Crippen molar-refractivity contribution in [2.75, 3.05) is 6.61 Å². The predicted molar refractivity (Wildman–Crippen MR) is 96.1 cm³/mol. The molecule has 132 valence electrons. The average molecular weight is 313 g/mol. The average Bonchev–Trinajstić information content (AvgIpc) is 2.53. The van der Waals surface area contributed by atoms with E-state index in [0.29, 0.717) is 6.61 Å². The molecule has 1 atom stereocenters. The summed E-state index contributed by atoms with van der Waals surface area (Å²) in [6, 6.07) is 0. The summed E-state index contributed by atoms with van der Waals surface area (Å²) < 4.78 is 5.43. The van der Waals surface area contributed by atoms with Crippen molar-refractivity contribution in [2.45, 2.75) is 111 Å². The maximum Gasteiger partial charge on any atom is 0.308 e. The third-order valence-electron chi connectivity index (χ3n) is 4.47. The van der Waals surface area contributed by atoms with E-state index in [1.807, 2.05) is 0 Å². The van der Waals surface area contributed by atoms with Gasteiger partial charge in [-0.2, -0.15) is 0 Å². The number of carbonyl (C=O) groups is 1. The van der Waals surface area contributed by atoms with E-state index >= 15 is 0 Å². The molecule has 0 fully saturated rings. The third kappa shape index (κ3) is 13.2.